The number of nitrogens with one attached hydrogen (secondary N) is 1. The van der Waals surface area contributed by atoms with Crippen molar-refractivity contribution in [2.24, 2.45) is 0 Å². The first-order chi connectivity index (χ1) is 11.0. The van der Waals surface area contributed by atoms with Gasteiger partial charge in [0.05, 0.1) is 16.2 Å². The third kappa shape index (κ3) is 3.12. The van der Waals surface area contributed by atoms with E-state index in [2.05, 4.69) is 9.88 Å². The monoisotopic (exact) mass is 328 g/mol. The molecule has 0 spiro atoms. The Hall–Kier alpha value is -2.60. The van der Waals surface area contributed by atoms with Crippen LogP contribution in [0.2, 0.25) is 0 Å². The highest BCUT2D eigenvalue weighted by Gasteiger charge is 2.21. The lowest BCUT2D eigenvalue weighted by molar-refractivity contribution is 0.430. The maximum atomic E-state index is 12.4. The van der Waals surface area contributed by atoms with Crippen LogP contribution < -0.4 is 4.72 Å². The molecule has 5 nitrogen and oxygen atoms in total. The molecule has 1 heterocycles. The predicted molar refractivity (Wildman–Crippen MR) is 88.7 cm³/mol. The second-order valence-electron chi connectivity index (χ2n) is 5.26. The molecule has 0 unspecified atom stereocenters. The minimum absolute atomic E-state index is 0.121. The summed E-state index contributed by atoms with van der Waals surface area (Å²) < 4.78 is 32.6. The lowest BCUT2D eigenvalue weighted by Crippen LogP contribution is -2.12. The van der Waals surface area contributed by atoms with Crippen molar-refractivity contribution < 1.29 is 12.9 Å². The Labute approximate surface area is 135 Å². The van der Waals surface area contributed by atoms with Crippen molar-refractivity contribution in [3.8, 4) is 11.1 Å². The van der Waals surface area contributed by atoms with Crippen LogP contribution in [0, 0.1) is 13.8 Å². The zero-order chi connectivity index (χ0) is 16.4. The molecule has 118 valence electrons. The van der Waals surface area contributed by atoms with Crippen LogP contribution in [-0.2, 0) is 10.0 Å². The van der Waals surface area contributed by atoms with Crippen LogP contribution in [0.15, 0.2) is 64.0 Å². The largest absolute Gasteiger partial charge is 0.337 e. The zero-order valence-electron chi connectivity index (χ0n) is 12.8. The van der Waals surface area contributed by atoms with E-state index >= 15 is 0 Å². The van der Waals surface area contributed by atoms with Gasteiger partial charge in [-0.1, -0.05) is 53.2 Å². The molecule has 0 radical (unpaired) electrons. The lowest BCUT2D eigenvalue weighted by Gasteiger charge is -2.07. The number of benzene rings is 2. The highest BCUT2D eigenvalue weighted by Crippen LogP contribution is 2.32. The molecule has 0 amide bonds. The van der Waals surface area contributed by atoms with Crippen LogP contribution in [0.3, 0.4) is 0 Å². The normalized spacial score (nSPS) is 11.4. The number of nitrogens with zero attached hydrogens (tertiary/aromatic N) is 1. The first-order valence-electron chi connectivity index (χ1n) is 7.08. The smallest absolute Gasteiger partial charge is 0.264 e. The summed E-state index contributed by atoms with van der Waals surface area (Å²) in [5, 5.41) is 3.89. The van der Waals surface area contributed by atoms with E-state index in [1.165, 1.54) is 12.1 Å². The summed E-state index contributed by atoms with van der Waals surface area (Å²) in [5.41, 5.74) is 3.23. The lowest BCUT2D eigenvalue weighted by atomic mass is 10.0. The molecule has 0 aliphatic carbocycles. The fourth-order valence-corrected chi connectivity index (χ4v) is 3.30. The average molecular weight is 328 g/mol. The van der Waals surface area contributed by atoms with Gasteiger partial charge in [-0.05, 0) is 31.5 Å². The Morgan fingerprint density at radius 1 is 0.957 bits per heavy atom. The van der Waals surface area contributed by atoms with E-state index in [1.807, 2.05) is 31.2 Å². The van der Waals surface area contributed by atoms with Crippen molar-refractivity contribution in [3.63, 3.8) is 0 Å². The number of anilines is 1. The predicted octanol–water partition coefficient (Wildman–Crippen LogP) is 3.76. The van der Waals surface area contributed by atoms with Gasteiger partial charge in [-0.3, -0.25) is 0 Å². The number of rotatable bonds is 4. The molecule has 2 aromatic carbocycles. The molecule has 0 aliphatic heterocycles. The Balaban J connectivity index is 2.01. The number of aryl methyl sites for hydroxylation is 2. The van der Waals surface area contributed by atoms with Crippen molar-refractivity contribution in [2.75, 3.05) is 4.72 Å². The van der Waals surface area contributed by atoms with Gasteiger partial charge in [-0.15, -0.1) is 0 Å². The average Bonchev–Trinajstić information content (AvgIpc) is 2.89. The summed E-state index contributed by atoms with van der Waals surface area (Å²) in [6.45, 7) is 3.77. The van der Waals surface area contributed by atoms with Gasteiger partial charge in [0.15, 0.2) is 0 Å². The minimum atomic E-state index is -3.72. The number of hydrogen-bond acceptors (Lipinski definition) is 4. The highest BCUT2D eigenvalue weighted by molar-refractivity contribution is 7.92. The molecule has 3 rings (SSSR count). The van der Waals surface area contributed by atoms with Crippen molar-refractivity contribution in [1.29, 1.82) is 0 Å². The van der Waals surface area contributed by atoms with Crippen molar-refractivity contribution in [3.05, 3.63) is 65.9 Å². The molecule has 1 N–H and O–H groups in total. The zero-order valence-corrected chi connectivity index (χ0v) is 13.6. The number of aromatic nitrogens is 1. The molecule has 0 fully saturated rings. The molecule has 0 aliphatic rings. The summed E-state index contributed by atoms with van der Waals surface area (Å²) in [7, 11) is -3.72. The molecule has 0 bridgehead atoms. The molecule has 3 aromatic rings. The van der Waals surface area contributed by atoms with Crippen LogP contribution in [0.1, 0.15) is 11.3 Å². The SMILES string of the molecule is Cc1ccc(-c2c(C)noc2NS(=O)(=O)c2ccccc2)cc1. The molecule has 0 atom stereocenters. The van der Waals surface area contributed by atoms with Gasteiger partial charge in [0.2, 0.25) is 5.88 Å². The minimum Gasteiger partial charge on any atom is -0.337 e. The first kappa shape index (κ1) is 15.3. The Morgan fingerprint density at radius 3 is 2.26 bits per heavy atom. The molecule has 0 saturated carbocycles. The molecule has 6 heteroatoms. The number of sulfonamides is 1. The van der Waals surface area contributed by atoms with E-state index in [-0.39, 0.29) is 10.8 Å². The van der Waals surface area contributed by atoms with Crippen LogP contribution >= 0.6 is 0 Å². The summed E-state index contributed by atoms with van der Waals surface area (Å²) in [5.74, 6) is 0.121. The highest BCUT2D eigenvalue weighted by atomic mass is 32.2. The standard InChI is InChI=1S/C17H16N2O3S/c1-12-8-10-14(11-9-12)16-13(2)18-22-17(16)19-23(20,21)15-6-4-3-5-7-15/h3-11,19H,1-2H3. The molecule has 0 saturated heterocycles. The van der Waals surface area contributed by atoms with Gasteiger partial charge in [0.25, 0.3) is 10.0 Å². The molecular formula is C17H16N2O3S. The van der Waals surface area contributed by atoms with Crippen LogP contribution in [0.25, 0.3) is 11.1 Å². The van der Waals surface area contributed by atoms with Crippen molar-refractivity contribution in [2.45, 2.75) is 18.7 Å². The Kier molecular flexibility index (Phi) is 3.92. The van der Waals surface area contributed by atoms with Crippen molar-refractivity contribution in [1.82, 2.24) is 5.16 Å². The van der Waals surface area contributed by atoms with E-state index < -0.39 is 10.0 Å². The van der Waals surface area contributed by atoms with Gasteiger partial charge >= 0.3 is 0 Å². The second kappa shape index (κ2) is 5.89. The third-order valence-electron chi connectivity index (χ3n) is 3.48. The van der Waals surface area contributed by atoms with Gasteiger partial charge < -0.3 is 4.52 Å². The molecule has 1 aromatic heterocycles. The van der Waals surface area contributed by atoms with E-state index in [1.54, 1.807) is 25.1 Å². The first-order valence-corrected chi connectivity index (χ1v) is 8.57. The van der Waals surface area contributed by atoms with E-state index in [9.17, 15) is 8.42 Å². The Bertz CT molecular complexity index is 914. The topological polar surface area (TPSA) is 72.2 Å². The van der Waals surface area contributed by atoms with E-state index in [0.717, 1.165) is 11.1 Å². The van der Waals surface area contributed by atoms with Crippen LogP contribution in [-0.4, -0.2) is 13.6 Å². The van der Waals surface area contributed by atoms with E-state index in [4.69, 9.17) is 4.52 Å². The van der Waals surface area contributed by atoms with Gasteiger partial charge in [0, 0.05) is 0 Å². The maximum absolute atomic E-state index is 12.4. The molecular weight excluding hydrogens is 312 g/mol. The van der Waals surface area contributed by atoms with Gasteiger partial charge in [0.1, 0.15) is 0 Å². The van der Waals surface area contributed by atoms with Crippen molar-refractivity contribution >= 4 is 15.9 Å². The van der Waals surface area contributed by atoms with E-state index in [0.29, 0.717) is 11.3 Å². The quantitative estimate of drug-likeness (QED) is 0.791. The number of hydrogen-bond donors (Lipinski definition) is 1. The van der Waals surface area contributed by atoms with Gasteiger partial charge in [-0.25, -0.2) is 13.1 Å². The maximum Gasteiger partial charge on any atom is 0.264 e. The summed E-state index contributed by atoms with van der Waals surface area (Å²) in [6, 6.07) is 15.9. The fraction of sp³-hybridized carbons (Fsp3) is 0.118. The van der Waals surface area contributed by atoms with Crippen LogP contribution in [0.5, 0.6) is 0 Å². The van der Waals surface area contributed by atoms with Gasteiger partial charge in [-0.2, -0.15) is 0 Å². The summed E-state index contributed by atoms with van der Waals surface area (Å²) >= 11 is 0. The summed E-state index contributed by atoms with van der Waals surface area (Å²) in [4.78, 5) is 0.170. The summed E-state index contributed by atoms with van der Waals surface area (Å²) in [6.07, 6.45) is 0. The fourth-order valence-electron chi connectivity index (χ4n) is 2.28. The second-order valence-corrected chi connectivity index (χ2v) is 6.94. The van der Waals surface area contributed by atoms with Crippen LogP contribution in [0.4, 0.5) is 5.88 Å². The third-order valence-corrected chi connectivity index (χ3v) is 4.83. The Morgan fingerprint density at radius 2 is 1.61 bits per heavy atom. The molecule has 23 heavy (non-hydrogen) atoms.